The van der Waals surface area contributed by atoms with Gasteiger partial charge < -0.3 is 5.32 Å². The molecule has 1 fully saturated rings. The predicted molar refractivity (Wildman–Crippen MR) is 26.1 cm³/mol. The van der Waals surface area contributed by atoms with E-state index in [4.69, 9.17) is 0 Å². The van der Waals surface area contributed by atoms with E-state index in [0.29, 0.717) is 13.1 Å². The van der Waals surface area contributed by atoms with Gasteiger partial charge in [-0.15, -0.1) is 0 Å². The summed E-state index contributed by atoms with van der Waals surface area (Å²) < 4.78 is 24.3. The zero-order valence-corrected chi connectivity index (χ0v) is 4.61. The first kappa shape index (κ1) is 5.95. The highest BCUT2D eigenvalue weighted by molar-refractivity contribution is 4.64. The summed E-state index contributed by atoms with van der Waals surface area (Å²) in [5.74, 6) is 0. The van der Waals surface area contributed by atoms with Crippen LogP contribution in [-0.4, -0.2) is 25.4 Å². The van der Waals surface area contributed by atoms with E-state index in [0.717, 1.165) is 0 Å². The van der Waals surface area contributed by atoms with Crippen molar-refractivity contribution in [2.45, 2.75) is 18.8 Å². The summed E-state index contributed by atoms with van der Waals surface area (Å²) >= 11 is 0. The van der Waals surface area contributed by atoms with Crippen LogP contribution in [0.1, 0.15) is 6.42 Å². The fraction of sp³-hybridized carbons (Fsp3) is 1.00. The van der Waals surface area contributed by atoms with E-state index in [1.54, 1.807) is 5.32 Å². The molecule has 0 aromatic rings. The van der Waals surface area contributed by atoms with E-state index < -0.39 is 12.3 Å². The first-order valence-corrected chi connectivity index (χ1v) is 2.89. The van der Waals surface area contributed by atoms with Gasteiger partial charge in [-0.1, -0.05) is 0 Å². The minimum atomic E-state index is -0.918. The maximum Gasteiger partial charge on any atom is 0.152 e. The molecule has 0 aliphatic carbocycles. The van der Waals surface area contributed by atoms with Crippen LogP contribution in [0.2, 0.25) is 0 Å². The molecule has 0 amide bonds. The molecular weight excluding hydrogens is 112 g/mol. The molecule has 0 unspecified atom stereocenters. The highest BCUT2D eigenvalue weighted by Gasteiger charge is 2.22. The molecule has 1 nitrogen and oxygen atoms in total. The van der Waals surface area contributed by atoms with E-state index in [9.17, 15) is 8.78 Å². The van der Waals surface area contributed by atoms with Crippen molar-refractivity contribution < 1.29 is 14.1 Å². The Bertz CT molecular complexity index is 68.8. The number of nitrogens with two attached hydrogens (primary N) is 1. The molecule has 2 atom stereocenters. The normalized spacial score (nSPS) is 39.8. The summed E-state index contributed by atoms with van der Waals surface area (Å²) in [4.78, 5) is 0. The van der Waals surface area contributed by atoms with Gasteiger partial charge in [-0.05, 0) is 0 Å². The first-order chi connectivity index (χ1) is 3.79. The second kappa shape index (κ2) is 2.40. The van der Waals surface area contributed by atoms with Crippen LogP contribution >= 0.6 is 0 Å². The minimum absolute atomic E-state index is 0.108. The standard InChI is InChI=1S/C5H9F2N/c6-4-1-5(7)3-8-2-4/h4-5,8H,1-3H2/p+1/t4-,5-/m1/s1. The van der Waals surface area contributed by atoms with Gasteiger partial charge in [-0.25, -0.2) is 8.78 Å². The van der Waals surface area contributed by atoms with Crippen molar-refractivity contribution in [2.24, 2.45) is 0 Å². The second-order valence-electron chi connectivity index (χ2n) is 2.19. The first-order valence-electron chi connectivity index (χ1n) is 2.89. The van der Waals surface area contributed by atoms with Crippen LogP contribution in [0.4, 0.5) is 8.78 Å². The number of quaternary nitrogens is 1. The molecule has 2 N–H and O–H groups in total. The highest BCUT2D eigenvalue weighted by atomic mass is 19.1. The van der Waals surface area contributed by atoms with Gasteiger partial charge in [0.2, 0.25) is 0 Å². The second-order valence-corrected chi connectivity index (χ2v) is 2.19. The van der Waals surface area contributed by atoms with Crippen molar-refractivity contribution in [2.75, 3.05) is 13.1 Å². The Labute approximate surface area is 47.1 Å². The molecule has 0 aromatic carbocycles. The molecule has 1 aliphatic heterocycles. The van der Waals surface area contributed by atoms with Gasteiger partial charge in [-0.2, -0.15) is 0 Å². The van der Waals surface area contributed by atoms with Crippen LogP contribution < -0.4 is 5.32 Å². The number of piperidine rings is 1. The summed E-state index contributed by atoms with van der Waals surface area (Å²) in [7, 11) is 0. The fourth-order valence-electron chi connectivity index (χ4n) is 0.928. The molecule has 0 spiro atoms. The lowest BCUT2D eigenvalue weighted by Gasteiger charge is -2.15. The minimum Gasteiger partial charge on any atom is -0.341 e. The van der Waals surface area contributed by atoms with Gasteiger partial charge in [0.25, 0.3) is 0 Å². The topological polar surface area (TPSA) is 16.6 Å². The summed E-state index contributed by atoms with van der Waals surface area (Å²) in [5, 5.41) is 1.68. The Kier molecular flexibility index (Phi) is 1.78. The number of alkyl halides is 2. The van der Waals surface area contributed by atoms with Crippen LogP contribution in [0, 0.1) is 0 Å². The zero-order valence-electron chi connectivity index (χ0n) is 4.61. The van der Waals surface area contributed by atoms with Crippen molar-refractivity contribution in [3.05, 3.63) is 0 Å². The third kappa shape index (κ3) is 1.40. The molecule has 1 heterocycles. The van der Waals surface area contributed by atoms with Crippen LogP contribution in [0.5, 0.6) is 0 Å². The number of hydrogen-bond acceptors (Lipinski definition) is 0. The lowest BCUT2D eigenvalue weighted by atomic mass is 10.1. The summed E-state index contributed by atoms with van der Waals surface area (Å²) in [6, 6.07) is 0. The summed E-state index contributed by atoms with van der Waals surface area (Å²) in [6.07, 6.45) is -1.73. The Balaban J connectivity index is 2.23. The van der Waals surface area contributed by atoms with Gasteiger partial charge >= 0.3 is 0 Å². The smallest absolute Gasteiger partial charge is 0.152 e. The maximum atomic E-state index is 12.2. The lowest BCUT2D eigenvalue weighted by Crippen LogP contribution is -2.90. The van der Waals surface area contributed by atoms with Crippen LogP contribution in [0.15, 0.2) is 0 Å². The molecule has 0 bridgehead atoms. The Morgan fingerprint density at radius 2 is 1.62 bits per heavy atom. The van der Waals surface area contributed by atoms with Crippen molar-refractivity contribution in [3.63, 3.8) is 0 Å². The van der Waals surface area contributed by atoms with E-state index >= 15 is 0 Å². The van der Waals surface area contributed by atoms with Gasteiger partial charge in [-0.3, -0.25) is 0 Å². The Morgan fingerprint density at radius 1 is 1.12 bits per heavy atom. The highest BCUT2D eigenvalue weighted by Crippen LogP contribution is 2.04. The van der Waals surface area contributed by atoms with E-state index in [-0.39, 0.29) is 6.42 Å². The van der Waals surface area contributed by atoms with Crippen LogP contribution in [0.3, 0.4) is 0 Å². The average Bonchev–Trinajstić information content (AvgIpc) is 1.64. The molecule has 0 aromatic heterocycles. The molecule has 48 valence electrons. The number of hydrogen-bond donors (Lipinski definition) is 1. The third-order valence-corrected chi connectivity index (χ3v) is 1.36. The number of halogens is 2. The molecule has 0 saturated carbocycles. The Morgan fingerprint density at radius 3 is 1.88 bits per heavy atom. The quantitative estimate of drug-likeness (QED) is 0.451. The Hall–Kier alpha value is -0.180. The van der Waals surface area contributed by atoms with E-state index in [1.165, 1.54) is 0 Å². The predicted octanol–water partition coefficient (Wildman–Crippen LogP) is -0.370. The fourth-order valence-corrected chi connectivity index (χ4v) is 0.928. The van der Waals surface area contributed by atoms with Gasteiger partial charge in [0.15, 0.2) is 12.3 Å². The van der Waals surface area contributed by atoms with Crippen molar-refractivity contribution in [1.82, 2.24) is 0 Å². The molecular formula is C5H10F2N+. The zero-order chi connectivity index (χ0) is 5.98. The largest absolute Gasteiger partial charge is 0.341 e. The van der Waals surface area contributed by atoms with Crippen molar-refractivity contribution in [1.29, 1.82) is 0 Å². The SMILES string of the molecule is F[C@H]1C[NH2+]C[C@H](F)C1. The van der Waals surface area contributed by atoms with Gasteiger partial charge in [0.1, 0.15) is 13.1 Å². The summed E-state index contributed by atoms with van der Waals surface area (Å²) in [5.41, 5.74) is 0. The summed E-state index contributed by atoms with van der Waals surface area (Å²) in [6.45, 7) is 0.890. The van der Waals surface area contributed by atoms with Crippen LogP contribution in [-0.2, 0) is 0 Å². The van der Waals surface area contributed by atoms with Crippen molar-refractivity contribution in [3.8, 4) is 0 Å². The van der Waals surface area contributed by atoms with Gasteiger partial charge in [0.05, 0.1) is 0 Å². The molecule has 1 rings (SSSR count). The third-order valence-electron chi connectivity index (χ3n) is 1.36. The molecule has 1 aliphatic rings. The van der Waals surface area contributed by atoms with Gasteiger partial charge in [0, 0.05) is 6.42 Å². The maximum absolute atomic E-state index is 12.2. The molecule has 8 heavy (non-hydrogen) atoms. The lowest BCUT2D eigenvalue weighted by molar-refractivity contribution is -0.672. The van der Waals surface area contributed by atoms with Crippen molar-refractivity contribution >= 4 is 0 Å². The molecule has 1 saturated heterocycles. The van der Waals surface area contributed by atoms with E-state index in [1.807, 2.05) is 0 Å². The molecule has 3 heteroatoms. The monoisotopic (exact) mass is 122 g/mol. The molecule has 0 radical (unpaired) electrons. The van der Waals surface area contributed by atoms with Crippen LogP contribution in [0.25, 0.3) is 0 Å². The van der Waals surface area contributed by atoms with E-state index in [2.05, 4.69) is 0 Å². The number of rotatable bonds is 0. The average molecular weight is 122 g/mol.